The average molecular weight is 360 g/mol. The Hall–Kier alpha value is -3.20. The van der Waals surface area contributed by atoms with Crippen molar-refractivity contribution in [3.05, 3.63) is 53.9 Å². The summed E-state index contributed by atoms with van der Waals surface area (Å²) in [5, 5.41) is 0. The first-order valence-electron chi connectivity index (χ1n) is 7.55. The van der Waals surface area contributed by atoms with Crippen LogP contribution < -0.4 is 17.0 Å². The molecule has 26 heavy (non-hydrogen) atoms. The van der Waals surface area contributed by atoms with Gasteiger partial charge in [-0.2, -0.15) is 18.2 Å². The van der Waals surface area contributed by atoms with Crippen LogP contribution in [0, 0.1) is 6.92 Å². The van der Waals surface area contributed by atoms with E-state index < -0.39 is 11.9 Å². The minimum atomic E-state index is -4.58. The van der Waals surface area contributed by atoms with E-state index in [1.165, 1.54) is 13.0 Å². The molecule has 0 spiro atoms. The van der Waals surface area contributed by atoms with Gasteiger partial charge in [0.05, 0.1) is 11.3 Å². The van der Waals surface area contributed by atoms with Crippen molar-refractivity contribution in [2.45, 2.75) is 13.1 Å². The molecule has 0 radical (unpaired) electrons. The second-order valence-electron chi connectivity index (χ2n) is 5.54. The van der Waals surface area contributed by atoms with Crippen LogP contribution in [-0.4, -0.2) is 15.0 Å². The number of benzene rings is 1. The second-order valence-corrected chi connectivity index (χ2v) is 5.54. The summed E-state index contributed by atoms with van der Waals surface area (Å²) < 4.78 is 39.5. The number of anilines is 2. The zero-order valence-corrected chi connectivity index (χ0v) is 13.7. The molecule has 134 valence electrons. The Bertz CT molecular complexity index is 941. The van der Waals surface area contributed by atoms with Crippen LogP contribution in [0.1, 0.15) is 11.4 Å². The summed E-state index contributed by atoms with van der Waals surface area (Å²) >= 11 is 0. The van der Waals surface area contributed by atoms with Crippen LogP contribution in [0.5, 0.6) is 0 Å². The largest absolute Gasteiger partial charge is 0.433 e. The molecular weight excluding hydrogens is 345 g/mol. The number of aromatic nitrogens is 3. The SMILES string of the molecule is Cc1cc(-c2c(NN)nc(N)nc2-c2ccccc2)cc(C(F)(F)F)n1. The first kappa shape index (κ1) is 17.6. The predicted molar refractivity (Wildman–Crippen MR) is 92.7 cm³/mol. The van der Waals surface area contributed by atoms with Crippen molar-refractivity contribution < 1.29 is 13.2 Å². The van der Waals surface area contributed by atoms with Crippen LogP contribution in [-0.2, 0) is 6.18 Å². The summed E-state index contributed by atoms with van der Waals surface area (Å²) in [6.45, 7) is 1.48. The third kappa shape index (κ3) is 3.42. The van der Waals surface area contributed by atoms with Crippen molar-refractivity contribution in [2.24, 2.45) is 5.84 Å². The van der Waals surface area contributed by atoms with Crippen LogP contribution in [0.25, 0.3) is 22.4 Å². The molecule has 6 nitrogen and oxygen atoms in total. The van der Waals surface area contributed by atoms with Crippen molar-refractivity contribution in [3.63, 3.8) is 0 Å². The van der Waals surface area contributed by atoms with Gasteiger partial charge in [0.2, 0.25) is 5.95 Å². The number of nitrogen functional groups attached to an aromatic ring is 2. The molecule has 0 saturated heterocycles. The second kappa shape index (κ2) is 6.60. The smallest absolute Gasteiger partial charge is 0.368 e. The molecule has 0 aliphatic carbocycles. The molecule has 0 saturated carbocycles. The lowest BCUT2D eigenvalue weighted by Gasteiger charge is -2.16. The molecule has 3 rings (SSSR count). The highest BCUT2D eigenvalue weighted by atomic mass is 19.4. The van der Waals surface area contributed by atoms with E-state index in [4.69, 9.17) is 11.6 Å². The Morgan fingerprint density at radius 1 is 0.962 bits per heavy atom. The van der Waals surface area contributed by atoms with E-state index in [9.17, 15) is 13.2 Å². The number of halogens is 3. The standard InChI is InChI=1S/C17H15F3N6/c1-9-7-11(8-12(23-9)17(18,19)20)13-14(10-5-3-2-4-6-10)24-16(21)25-15(13)26-22/h2-8H,22H2,1H3,(H3,21,24,25,26). The molecule has 0 amide bonds. The van der Waals surface area contributed by atoms with Crippen molar-refractivity contribution in [1.82, 2.24) is 15.0 Å². The van der Waals surface area contributed by atoms with E-state index in [1.54, 1.807) is 24.3 Å². The monoisotopic (exact) mass is 360 g/mol. The molecule has 3 aromatic rings. The zero-order valence-electron chi connectivity index (χ0n) is 13.7. The predicted octanol–water partition coefficient (Wildman–Crippen LogP) is 3.40. The molecule has 0 fully saturated rings. The highest BCUT2D eigenvalue weighted by Crippen LogP contribution is 2.38. The number of nitrogens with one attached hydrogen (secondary N) is 1. The van der Waals surface area contributed by atoms with Gasteiger partial charge in [0.15, 0.2) is 5.82 Å². The van der Waals surface area contributed by atoms with Crippen molar-refractivity contribution in [1.29, 1.82) is 0 Å². The minimum absolute atomic E-state index is 0.0534. The summed E-state index contributed by atoms with van der Waals surface area (Å²) in [6.07, 6.45) is -4.58. The summed E-state index contributed by atoms with van der Waals surface area (Å²) in [5.74, 6) is 5.60. The minimum Gasteiger partial charge on any atom is -0.368 e. The van der Waals surface area contributed by atoms with Crippen LogP contribution in [0.3, 0.4) is 0 Å². The fraction of sp³-hybridized carbons (Fsp3) is 0.118. The number of hydrazine groups is 1. The highest BCUT2D eigenvalue weighted by molar-refractivity contribution is 5.89. The molecule has 5 N–H and O–H groups in total. The Labute approximate surface area is 147 Å². The summed E-state index contributed by atoms with van der Waals surface area (Å²) in [7, 11) is 0. The molecule has 0 aliphatic heterocycles. The topological polar surface area (TPSA) is 103 Å². The van der Waals surface area contributed by atoms with Crippen LogP contribution in [0.15, 0.2) is 42.5 Å². The summed E-state index contributed by atoms with van der Waals surface area (Å²) in [4.78, 5) is 11.8. The molecule has 2 heterocycles. The maximum absolute atomic E-state index is 13.2. The molecular formula is C17H15F3N6. The van der Waals surface area contributed by atoms with Gasteiger partial charge in [0.1, 0.15) is 5.69 Å². The normalized spacial score (nSPS) is 11.4. The molecule has 0 unspecified atom stereocenters. The Kier molecular flexibility index (Phi) is 4.47. The number of alkyl halides is 3. The number of aryl methyl sites for hydroxylation is 1. The van der Waals surface area contributed by atoms with Gasteiger partial charge in [-0.05, 0) is 24.6 Å². The van der Waals surface area contributed by atoms with Gasteiger partial charge >= 0.3 is 6.18 Å². The highest BCUT2D eigenvalue weighted by Gasteiger charge is 2.33. The Balaban J connectivity index is 2.33. The fourth-order valence-corrected chi connectivity index (χ4v) is 2.62. The number of hydrogen-bond donors (Lipinski definition) is 3. The molecule has 9 heteroatoms. The zero-order chi connectivity index (χ0) is 18.9. The van der Waals surface area contributed by atoms with Gasteiger partial charge in [-0.25, -0.2) is 15.8 Å². The van der Waals surface area contributed by atoms with Crippen molar-refractivity contribution >= 4 is 11.8 Å². The Morgan fingerprint density at radius 2 is 1.65 bits per heavy atom. The van der Waals surface area contributed by atoms with E-state index in [0.29, 0.717) is 16.8 Å². The van der Waals surface area contributed by atoms with Gasteiger partial charge in [0.25, 0.3) is 0 Å². The van der Waals surface area contributed by atoms with E-state index in [2.05, 4.69) is 20.4 Å². The van der Waals surface area contributed by atoms with E-state index in [0.717, 1.165) is 6.07 Å². The van der Waals surface area contributed by atoms with Crippen molar-refractivity contribution in [2.75, 3.05) is 11.2 Å². The van der Waals surface area contributed by atoms with Gasteiger partial charge in [-0.15, -0.1) is 0 Å². The van der Waals surface area contributed by atoms with Crippen molar-refractivity contribution in [3.8, 4) is 22.4 Å². The molecule has 0 aliphatic rings. The maximum atomic E-state index is 13.2. The van der Waals surface area contributed by atoms with E-state index in [-0.39, 0.29) is 23.0 Å². The van der Waals surface area contributed by atoms with Crippen LogP contribution in [0.4, 0.5) is 24.9 Å². The number of hydrogen-bond acceptors (Lipinski definition) is 6. The quantitative estimate of drug-likeness (QED) is 0.489. The first-order chi connectivity index (χ1) is 12.3. The number of nitrogens with zero attached hydrogens (tertiary/aromatic N) is 3. The average Bonchev–Trinajstić information content (AvgIpc) is 2.60. The van der Waals surface area contributed by atoms with Crippen LogP contribution >= 0.6 is 0 Å². The number of pyridine rings is 1. The lowest BCUT2D eigenvalue weighted by molar-refractivity contribution is -0.141. The fourth-order valence-electron chi connectivity index (χ4n) is 2.62. The van der Waals surface area contributed by atoms with E-state index in [1.807, 2.05) is 6.07 Å². The lowest BCUT2D eigenvalue weighted by atomic mass is 9.99. The van der Waals surface area contributed by atoms with Gasteiger partial charge in [-0.3, -0.25) is 0 Å². The van der Waals surface area contributed by atoms with Gasteiger partial charge in [0, 0.05) is 11.3 Å². The maximum Gasteiger partial charge on any atom is 0.433 e. The molecule has 0 atom stereocenters. The molecule has 1 aromatic carbocycles. The Morgan fingerprint density at radius 3 is 2.27 bits per heavy atom. The number of nitrogens with two attached hydrogens (primary N) is 2. The lowest BCUT2D eigenvalue weighted by Crippen LogP contribution is -2.14. The first-order valence-corrected chi connectivity index (χ1v) is 7.55. The van der Waals surface area contributed by atoms with E-state index >= 15 is 0 Å². The summed E-state index contributed by atoms with van der Waals surface area (Å²) in [5.41, 5.74) is 8.89. The van der Waals surface area contributed by atoms with Crippen LogP contribution in [0.2, 0.25) is 0 Å². The van der Waals surface area contributed by atoms with Gasteiger partial charge < -0.3 is 11.2 Å². The van der Waals surface area contributed by atoms with Gasteiger partial charge in [-0.1, -0.05) is 30.3 Å². The summed E-state index contributed by atoms with van der Waals surface area (Å²) in [6, 6.07) is 11.4. The third-order valence-corrected chi connectivity index (χ3v) is 3.64. The third-order valence-electron chi connectivity index (χ3n) is 3.64. The molecule has 0 bridgehead atoms. The number of rotatable bonds is 3. The molecule has 2 aromatic heterocycles.